The first-order valence-electron chi connectivity index (χ1n) is 5.48. The Labute approximate surface area is 90.8 Å². The van der Waals surface area contributed by atoms with Crippen LogP contribution >= 0.6 is 0 Å². The van der Waals surface area contributed by atoms with E-state index in [1.807, 2.05) is 12.1 Å². The van der Waals surface area contributed by atoms with Crippen LogP contribution in [0.4, 0.5) is 0 Å². The average molecular weight is 206 g/mol. The summed E-state index contributed by atoms with van der Waals surface area (Å²) in [5.41, 5.74) is 1.30. The van der Waals surface area contributed by atoms with Gasteiger partial charge in [0, 0.05) is 12.6 Å². The first-order valence-corrected chi connectivity index (χ1v) is 5.48. The van der Waals surface area contributed by atoms with Gasteiger partial charge in [-0.15, -0.1) is 0 Å². The minimum atomic E-state index is 0.405. The molecular weight excluding hydrogens is 188 g/mol. The van der Waals surface area contributed by atoms with Crippen LogP contribution in [0.3, 0.4) is 0 Å². The summed E-state index contributed by atoms with van der Waals surface area (Å²) in [4.78, 5) is 0. The molecule has 1 aliphatic rings. The van der Waals surface area contributed by atoms with Gasteiger partial charge < -0.3 is 15.4 Å². The molecule has 82 valence electrons. The summed E-state index contributed by atoms with van der Waals surface area (Å²) >= 11 is 0. The number of ether oxygens (including phenoxy) is 1. The van der Waals surface area contributed by atoms with Crippen LogP contribution in [-0.4, -0.2) is 26.7 Å². The molecule has 1 saturated heterocycles. The van der Waals surface area contributed by atoms with E-state index in [4.69, 9.17) is 4.74 Å². The SMILES string of the molecule is COc1cccc(C2CNCCCN2)c1. The van der Waals surface area contributed by atoms with Crippen molar-refractivity contribution >= 4 is 0 Å². The molecule has 3 heteroatoms. The van der Waals surface area contributed by atoms with Gasteiger partial charge in [-0.1, -0.05) is 12.1 Å². The molecule has 1 heterocycles. The number of hydrogen-bond donors (Lipinski definition) is 2. The first-order chi connectivity index (χ1) is 7.40. The Kier molecular flexibility index (Phi) is 3.59. The molecule has 2 rings (SSSR count). The molecule has 0 aliphatic carbocycles. The molecule has 1 aromatic rings. The van der Waals surface area contributed by atoms with Crippen molar-refractivity contribution in [2.75, 3.05) is 26.7 Å². The lowest BCUT2D eigenvalue weighted by Gasteiger charge is -2.16. The average Bonchev–Trinajstić information content (AvgIpc) is 2.58. The highest BCUT2D eigenvalue weighted by molar-refractivity contribution is 5.30. The maximum atomic E-state index is 5.23. The van der Waals surface area contributed by atoms with E-state index in [9.17, 15) is 0 Å². The smallest absolute Gasteiger partial charge is 0.119 e. The first kappa shape index (κ1) is 10.5. The highest BCUT2D eigenvalue weighted by atomic mass is 16.5. The zero-order valence-electron chi connectivity index (χ0n) is 9.12. The van der Waals surface area contributed by atoms with E-state index in [1.165, 1.54) is 12.0 Å². The maximum absolute atomic E-state index is 5.23. The summed E-state index contributed by atoms with van der Waals surface area (Å²) in [7, 11) is 1.71. The van der Waals surface area contributed by atoms with Gasteiger partial charge in [0.15, 0.2) is 0 Å². The molecule has 1 aliphatic heterocycles. The van der Waals surface area contributed by atoms with Crippen LogP contribution in [0, 0.1) is 0 Å². The van der Waals surface area contributed by atoms with Gasteiger partial charge in [0.25, 0.3) is 0 Å². The summed E-state index contributed by atoms with van der Waals surface area (Å²) in [6, 6.07) is 8.68. The fourth-order valence-corrected chi connectivity index (χ4v) is 1.90. The third-order valence-corrected chi connectivity index (χ3v) is 2.77. The van der Waals surface area contributed by atoms with Crippen molar-refractivity contribution in [2.45, 2.75) is 12.5 Å². The number of hydrogen-bond acceptors (Lipinski definition) is 3. The highest BCUT2D eigenvalue weighted by Gasteiger charge is 2.13. The quantitative estimate of drug-likeness (QED) is 0.765. The Balaban J connectivity index is 2.12. The topological polar surface area (TPSA) is 33.3 Å². The van der Waals surface area contributed by atoms with Gasteiger partial charge in [-0.05, 0) is 37.2 Å². The standard InChI is InChI=1S/C12H18N2O/c1-15-11-5-2-4-10(8-11)12-9-13-6-3-7-14-12/h2,4-5,8,12-14H,3,6-7,9H2,1H3. The molecule has 1 fully saturated rings. The van der Waals surface area contributed by atoms with Crippen LogP contribution in [0.25, 0.3) is 0 Å². The van der Waals surface area contributed by atoms with Crippen LogP contribution in [0.5, 0.6) is 5.75 Å². The highest BCUT2D eigenvalue weighted by Crippen LogP contribution is 2.19. The van der Waals surface area contributed by atoms with Crippen LogP contribution in [0.15, 0.2) is 24.3 Å². The van der Waals surface area contributed by atoms with E-state index in [0.29, 0.717) is 6.04 Å². The molecular formula is C12H18N2O. The van der Waals surface area contributed by atoms with Crippen molar-refractivity contribution in [3.63, 3.8) is 0 Å². The predicted octanol–water partition coefficient (Wildman–Crippen LogP) is 1.32. The van der Waals surface area contributed by atoms with Gasteiger partial charge in [-0.3, -0.25) is 0 Å². The van der Waals surface area contributed by atoms with Crippen molar-refractivity contribution in [1.82, 2.24) is 10.6 Å². The van der Waals surface area contributed by atoms with Crippen LogP contribution in [0.2, 0.25) is 0 Å². The van der Waals surface area contributed by atoms with Crippen LogP contribution in [0.1, 0.15) is 18.0 Å². The van der Waals surface area contributed by atoms with Gasteiger partial charge in [0.1, 0.15) is 5.75 Å². The lowest BCUT2D eigenvalue weighted by atomic mass is 10.1. The zero-order valence-corrected chi connectivity index (χ0v) is 9.12. The summed E-state index contributed by atoms with van der Waals surface area (Å²) < 4.78 is 5.23. The van der Waals surface area contributed by atoms with Gasteiger partial charge >= 0.3 is 0 Å². The Morgan fingerprint density at radius 1 is 1.33 bits per heavy atom. The fraction of sp³-hybridized carbons (Fsp3) is 0.500. The largest absolute Gasteiger partial charge is 0.497 e. The third-order valence-electron chi connectivity index (χ3n) is 2.77. The summed E-state index contributed by atoms with van der Waals surface area (Å²) in [5.74, 6) is 0.929. The van der Waals surface area contributed by atoms with E-state index in [0.717, 1.165) is 25.4 Å². The molecule has 0 saturated carbocycles. The molecule has 3 nitrogen and oxygen atoms in total. The normalized spacial score (nSPS) is 22.1. The van der Waals surface area contributed by atoms with Crippen molar-refractivity contribution in [3.8, 4) is 5.75 Å². The molecule has 0 bridgehead atoms. The van der Waals surface area contributed by atoms with E-state index < -0.39 is 0 Å². The minimum Gasteiger partial charge on any atom is -0.497 e. The summed E-state index contributed by atoms with van der Waals surface area (Å²) in [6.45, 7) is 3.18. The number of rotatable bonds is 2. The molecule has 1 atom stereocenters. The third kappa shape index (κ3) is 2.70. The molecule has 15 heavy (non-hydrogen) atoms. The monoisotopic (exact) mass is 206 g/mol. The number of benzene rings is 1. The van der Waals surface area contributed by atoms with Crippen molar-refractivity contribution in [1.29, 1.82) is 0 Å². The lowest BCUT2D eigenvalue weighted by molar-refractivity contribution is 0.413. The van der Waals surface area contributed by atoms with E-state index >= 15 is 0 Å². The molecule has 0 spiro atoms. The van der Waals surface area contributed by atoms with Crippen LogP contribution in [-0.2, 0) is 0 Å². The molecule has 0 amide bonds. The second-order valence-corrected chi connectivity index (χ2v) is 3.84. The number of methoxy groups -OCH3 is 1. The van der Waals surface area contributed by atoms with E-state index in [1.54, 1.807) is 7.11 Å². The Morgan fingerprint density at radius 3 is 3.13 bits per heavy atom. The Morgan fingerprint density at radius 2 is 2.27 bits per heavy atom. The molecule has 1 aromatic carbocycles. The van der Waals surface area contributed by atoms with Gasteiger partial charge in [-0.25, -0.2) is 0 Å². The summed E-state index contributed by atoms with van der Waals surface area (Å²) in [5, 5.41) is 6.96. The van der Waals surface area contributed by atoms with Gasteiger partial charge in [0.2, 0.25) is 0 Å². The maximum Gasteiger partial charge on any atom is 0.119 e. The van der Waals surface area contributed by atoms with Gasteiger partial charge in [0.05, 0.1) is 7.11 Å². The molecule has 2 N–H and O–H groups in total. The van der Waals surface area contributed by atoms with Crippen molar-refractivity contribution in [3.05, 3.63) is 29.8 Å². The fourth-order valence-electron chi connectivity index (χ4n) is 1.90. The summed E-state index contributed by atoms with van der Waals surface area (Å²) in [6.07, 6.45) is 1.19. The molecule has 0 radical (unpaired) electrons. The Bertz CT molecular complexity index is 306. The van der Waals surface area contributed by atoms with Crippen molar-refractivity contribution in [2.24, 2.45) is 0 Å². The van der Waals surface area contributed by atoms with Crippen LogP contribution < -0.4 is 15.4 Å². The predicted molar refractivity (Wildman–Crippen MR) is 61.2 cm³/mol. The second kappa shape index (κ2) is 5.14. The number of nitrogens with one attached hydrogen (secondary N) is 2. The molecule has 1 unspecified atom stereocenters. The zero-order chi connectivity index (χ0) is 10.5. The minimum absolute atomic E-state index is 0.405. The Hall–Kier alpha value is -1.06. The second-order valence-electron chi connectivity index (χ2n) is 3.84. The van der Waals surface area contributed by atoms with Crippen molar-refractivity contribution < 1.29 is 4.74 Å². The van der Waals surface area contributed by atoms with E-state index in [-0.39, 0.29) is 0 Å². The van der Waals surface area contributed by atoms with Gasteiger partial charge in [-0.2, -0.15) is 0 Å². The van der Waals surface area contributed by atoms with E-state index in [2.05, 4.69) is 22.8 Å². The molecule has 0 aromatic heterocycles. The lowest BCUT2D eigenvalue weighted by Crippen LogP contribution is -2.27.